The highest BCUT2D eigenvalue weighted by Gasteiger charge is 2.22. The molecule has 1 saturated heterocycles. The van der Waals surface area contributed by atoms with Crippen LogP contribution < -0.4 is 26.6 Å². The Morgan fingerprint density at radius 1 is 0.892 bits per heavy atom. The molecule has 0 spiro atoms. The highest BCUT2D eigenvalue weighted by atomic mass is 16.3. The number of nitrogens with one attached hydrogen (secondary N) is 3. The van der Waals surface area contributed by atoms with Crippen molar-refractivity contribution in [1.82, 2.24) is 25.5 Å². The Morgan fingerprint density at radius 2 is 1.59 bits per heavy atom. The van der Waals surface area contributed by atoms with Crippen molar-refractivity contribution in [3.63, 3.8) is 0 Å². The SMILES string of the molecule is Nc1cc(N2CCN(CCO)CC2)nc(NCC2CCC(CNCCCNCc3ccccc3)CC2)n1. The van der Waals surface area contributed by atoms with Gasteiger partial charge in [-0.2, -0.15) is 9.97 Å². The van der Waals surface area contributed by atoms with Gasteiger partial charge in [0.2, 0.25) is 5.95 Å². The number of aliphatic hydroxyl groups excluding tert-OH is 1. The summed E-state index contributed by atoms with van der Waals surface area (Å²) < 4.78 is 0. The number of nitrogens with two attached hydrogens (primary N) is 1. The van der Waals surface area contributed by atoms with Crippen LogP contribution in [0.1, 0.15) is 37.7 Å². The number of nitrogen functional groups attached to an aromatic ring is 1. The van der Waals surface area contributed by atoms with Gasteiger partial charge in [-0.3, -0.25) is 4.90 Å². The molecule has 0 amide bonds. The summed E-state index contributed by atoms with van der Waals surface area (Å²) >= 11 is 0. The number of nitrogens with zero attached hydrogens (tertiary/aromatic N) is 4. The van der Waals surface area contributed by atoms with E-state index in [-0.39, 0.29) is 6.61 Å². The molecule has 1 aliphatic heterocycles. The molecular formula is C28H46N8O. The molecule has 1 saturated carbocycles. The van der Waals surface area contributed by atoms with Crippen molar-refractivity contribution < 1.29 is 5.11 Å². The largest absolute Gasteiger partial charge is 0.395 e. The zero-order valence-electron chi connectivity index (χ0n) is 22.2. The zero-order chi connectivity index (χ0) is 25.7. The lowest BCUT2D eigenvalue weighted by Crippen LogP contribution is -2.47. The first-order valence-corrected chi connectivity index (χ1v) is 14.1. The van der Waals surface area contributed by atoms with Crippen LogP contribution in [0.3, 0.4) is 0 Å². The van der Waals surface area contributed by atoms with Crippen LogP contribution in [-0.2, 0) is 6.54 Å². The number of β-amino-alcohol motifs (C(OH)–C–C–N with tert-alkyl or cyclic N) is 1. The fourth-order valence-corrected chi connectivity index (χ4v) is 5.38. The Morgan fingerprint density at radius 3 is 2.32 bits per heavy atom. The smallest absolute Gasteiger partial charge is 0.226 e. The maximum absolute atomic E-state index is 9.15. The van der Waals surface area contributed by atoms with Crippen LogP contribution in [0.2, 0.25) is 0 Å². The lowest BCUT2D eigenvalue weighted by Gasteiger charge is -2.35. The number of aliphatic hydroxyl groups is 1. The second-order valence-electron chi connectivity index (χ2n) is 10.5. The molecule has 9 heteroatoms. The molecule has 9 nitrogen and oxygen atoms in total. The summed E-state index contributed by atoms with van der Waals surface area (Å²) in [5, 5.41) is 19.8. The quantitative estimate of drug-likeness (QED) is 0.244. The van der Waals surface area contributed by atoms with Crippen molar-refractivity contribution in [3.8, 4) is 0 Å². The summed E-state index contributed by atoms with van der Waals surface area (Å²) in [7, 11) is 0. The first-order chi connectivity index (χ1) is 18.2. The van der Waals surface area contributed by atoms with Crippen LogP contribution in [0.4, 0.5) is 17.6 Å². The van der Waals surface area contributed by atoms with Crippen molar-refractivity contribution in [2.45, 2.75) is 38.6 Å². The van der Waals surface area contributed by atoms with Gasteiger partial charge < -0.3 is 31.7 Å². The monoisotopic (exact) mass is 510 g/mol. The van der Waals surface area contributed by atoms with E-state index in [2.05, 4.69) is 61.1 Å². The summed E-state index contributed by atoms with van der Waals surface area (Å²) in [5.41, 5.74) is 7.45. The first kappa shape index (κ1) is 27.6. The Balaban J connectivity index is 1.08. The van der Waals surface area contributed by atoms with E-state index >= 15 is 0 Å². The number of benzene rings is 1. The molecule has 204 valence electrons. The van der Waals surface area contributed by atoms with Crippen LogP contribution in [0, 0.1) is 11.8 Å². The van der Waals surface area contributed by atoms with Crippen LogP contribution in [0.15, 0.2) is 36.4 Å². The second kappa shape index (κ2) is 15.1. The van der Waals surface area contributed by atoms with Crippen LogP contribution >= 0.6 is 0 Å². The molecule has 0 radical (unpaired) electrons. The third-order valence-corrected chi connectivity index (χ3v) is 7.67. The summed E-state index contributed by atoms with van der Waals surface area (Å²) in [6.07, 6.45) is 6.23. The van der Waals surface area contributed by atoms with Gasteiger partial charge in [-0.25, -0.2) is 0 Å². The standard InChI is InChI=1S/C28H46N8O/c29-26-19-27(36-15-13-35(14-16-36)17-18-37)34-28(33-26)32-22-25-9-7-24(8-10-25)21-31-12-4-11-30-20-23-5-2-1-3-6-23/h1-3,5-6,19,24-25,30-31,37H,4,7-18,20-22H2,(H3,29,32,33,34). The molecule has 1 aromatic carbocycles. The van der Waals surface area contributed by atoms with Crippen LogP contribution in [0.25, 0.3) is 0 Å². The molecule has 2 heterocycles. The lowest BCUT2D eigenvalue weighted by atomic mass is 9.82. The van der Waals surface area contributed by atoms with E-state index in [1.54, 1.807) is 0 Å². The Kier molecular flexibility index (Phi) is 11.2. The van der Waals surface area contributed by atoms with Gasteiger partial charge in [0.05, 0.1) is 6.61 Å². The van der Waals surface area contributed by atoms with Gasteiger partial charge in [0.15, 0.2) is 0 Å². The molecule has 6 N–H and O–H groups in total. The van der Waals surface area contributed by atoms with E-state index in [0.29, 0.717) is 17.7 Å². The number of aromatic nitrogens is 2. The topological polar surface area (TPSA) is 115 Å². The lowest BCUT2D eigenvalue weighted by molar-refractivity contribution is 0.188. The number of hydrogen-bond donors (Lipinski definition) is 5. The number of rotatable bonds is 14. The summed E-state index contributed by atoms with van der Waals surface area (Å²) in [5.74, 6) is 3.48. The summed E-state index contributed by atoms with van der Waals surface area (Å²) in [6, 6.07) is 12.4. The van der Waals surface area contributed by atoms with Crippen LogP contribution in [0.5, 0.6) is 0 Å². The third kappa shape index (κ3) is 9.41. The average molecular weight is 511 g/mol. The summed E-state index contributed by atoms with van der Waals surface area (Å²) in [4.78, 5) is 13.7. The van der Waals surface area contributed by atoms with E-state index in [9.17, 15) is 0 Å². The van der Waals surface area contributed by atoms with Gasteiger partial charge in [-0.15, -0.1) is 0 Å². The molecule has 0 unspecified atom stereocenters. The minimum atomic E-state index is 0.209. The Bertz CT molecular complexity index is 898. The highest BCUT2D eigenvalue weighted by molar-refractivity contribution is 5.51. The van der Waals surface area contributed by atoms with Gasteiger partial charge in [0, 0.05) is 51.9 Å². The van der Waals surface area contributed by atoms with Crippen molar-refractivity contribution in [1.29, 1.82) is 0 Å². The minimum absolute atomic E-state index is 0.209. The van der Waals surface area contributed by atoms with Gasteiger partial charge in [-0.1, -0.05) is 30.3 Å². The molecule has 1 aliphatic carbocycles. The van der Waals surface area contributed by atoms with Gasteiger partial charge in [0.25, 0.3) is 0 Å². The molecule has 0 atom stereocenters. The molecule has 4 rings (SSSR count). The first-order valence-electron chi connectivity index (χ1n) is 14.1. The Labute approximate surface area is 222 Å². The van der Waals surface area contributed by atoms with Crippen LogP contribution in [-0.4, -0.2) is 85.5 Å². The maximum Gasteiger partial charge on any atom is 0.226 e. The maximum atomic E-state index is 9.15. The minimum Gasteiger partial charge on any atom is -0.395 e. The fraction of sp³-hybridized carbons (Fsp3) is 0.643. The van der Waals surface area contributed by atoms with E-state index < -0.39 is 0 Å². The number of hydrogen-bond acceptors (Lipinski definition) is 9. The normalized spacial score (nSPS) is 20.7. The highest BCUT2D eigenvalue weighted by Crippen LogP contribution is 2.28. The fourth-order valence-electron chi connectivity index (χ4n) is 5.38. The van der Waals surface area contributed by atoms with Crippen molar-refractivity contribution in [3.05, 3.63) is 42.0 Å². The summed E-state index contributed by atoms with van der Waals surface area (Å²) in [6.45, 7) is 9.68. The van der Waals surface area contributed by atoms with E-state index in [1.807, 2.05) is 6.07 Å². The molecule has 2 aliphatic rings. The van der Waals surface area contributed by atoms with E-state index in [1.165, 1.54) is 31.2 Å². The predicted octanol–water partition coefficient (Wildman–Crippen LogP) is 2.16. The predicted molar refractivity (Wildman–Crippen MR) is 152 cm³/mol. The molecule has 1 aromatic heterocycles. The molecule has 37 heavy (non-hydrogen) atoms. The Hall–Kier alpha value is -2.46. The van der Waals surface area contributed by atoms with Gasteiger partial charge >= 0.3 is 0 Å². The van der Waals surface area contributed by atoms with E-state index in [0.717, 1.165) is 83.6 Å². The molecule has 0 bridgehead atoms. The molecule has 2 fully saturated rings. The average Bonchev–Trinajstić information content (AvgIpc) is 2.93. The van der Waals surface area contributed by atoms with Gasteiger partial charge in [0.1, 0.15) is 11.6 Å². The zero-order valence-corrected chi connectivity index (χ0v) is 22.2. The number of piperazine rings is 1. The second-order valence-corrected chi connectivity index (χ2v) is 10.5. The van der Waals surface area contributed by atoms with Crippen molar-refractivity contribution in [2.75, 3.05) is 81.5 Å². The molecular weight excluding hydrogens is 464 g/mol. The third-order valence-electron chi connectivity index (χ3n) is 7.67. The van der Waals surface area contributed by atoms with E-state index in [4.69, 9.17) is 15.8 Å². The van der Waals surface area contributed by atoms with Gasteiger partial charge in [-0.05, 0) is 69.1 Å². The number of anilines is 3. The molecule has 2 aromatic rings. The van der Waals surface area contributed by atoms with Crippen molar-refractivity contribution in [2.24, 2.45) is 11.8 Å². The van der Waals surface area contributed by atoms with Crippen molar-refractivity contribution >= 4 is 17.6 Å².